The number of aromatic nitrogens is 4. The first-order chi connectivity index (χ1) is 12.0. The molecule has 1 aromatic carbocycles. The number of rotatable bonds is 5. The van der Waals surface area contributed by atoms with Gasteiger partial charge in [-0.25, -0.2) is 0 Å². The van der Waals surface area contributed by atoms with Crippen LogP contribution in [0.3, 0.4) is 0 Å². The fourth-order valence-corrected chi connectivity index (χ4v) is 3.87. The minimum absolute atomic E-state index is 0.0616. The molecule has 3 rings (SSSR count). The molecule has 1 N–H and O–H groups in total. The Bertz CT molecular complexity index is 739. The van der Waals surface area contributed by atoms with Crippen LogP contribution in [-0.2, 0) is 4.79 Å². The predicted octanol–water partition coefficient (Wildman–Crippen LogP) is 3.21. The second-order valence-electron chi connectivity index (χ2n) is 6.75. The number of thioether (sulfide) groups is 1. The topological polar surface area (TPSA) is 72.7 Å². The molecule has 0 spiro atoms. The van der Waals surface area contributed by atoms with E-state index in [0.717, 1.165) is 18.5 Å². The molecular weight excluding hydrogens is 334 g/mol. The molecule has 1 aromatic heterocycles. The van der Waals surface area contributed by atoms with Gasteiger partial charge < -0.3 is 5.32 Å². The molecular formula is C18H25N5OS. The molecule has 1 aliphatic carbocycles. The molecule has 0 bridgehead atoms. The van der Waals surface area contributed by atoms with Crippen molar-refractivity contribution in [1.82, 2.24) is 25.5 Å². The van der Waals surface area contributed by atoms with Crippen molar-refractivity contribution < 1.29 is 4.79 Å². The summed E-state index contributed by atoms with van der Waals surface area (Å²) < 4.78 is 1.70. The second-order valence-corrected chi connectivity index (χ2v) is 8.05. The van der Waals surface area contributed by atoms with Gasteiger partial charge >= 0.3 is 0 Å². The van der Waals surface area contributed by atoms with Gasteiger partial charge in [0.1, 0.15) is 0 Å². The third-order valence-corrected chi connectivity index (χ3v) is 5.81. The summed E-state index contributed by atoms with van der Waals surface area (Å²) in [6, 6.07) is 6.43. The maximum atomic E-state index is 12.5. The molecule has 2 aromatic rings. The lowest BCUT2D eigenvalue weighted by molar-refractivity contribution is -0.121. The van der Waals surface area contributed by atoms with Crippen LogP contribution in [0.15, 0.2) is 23.4 Å². The van der Waals surface area contributed by atoms with Gasteiger partial charge in [-0.15, -0.1) is 5.10 Å². The number of tetrazole rings is 1. The summed E-state index contributed by atoms with van der Waals surface area (Å²) in [5.41, 5.74) is 3.33. The highest BCUT2D eigenvalue weighted by Gasteiger charge is 2.22. The molecule has 0 aliphatic heterocycles. The zero-order valence-corrected chi connectivity index (χ0v) is 15.8. The van der Waals surface area contributed by atoms with Crippen molar-refractivity contribution in [2.45, 2.75) is 69.3 Å². The molecule has 1 aliphatic rings. The zero-order chi connectivity index (χ0) is 17.8. The van der Waals surface area contributed by atoms with Crippen LogP contribution in [0.5, 0.6) is 0 Å². The minimum atomic E-state index is -0.238. The summed E-state index contributed by atoms with van der Waals surface area (Å²) in [5.74, 6) is 0.0616. The van der Waals surface area contributed by atoms with Crippen molar-refractivity contribution in [2.75, 3.05) is 0 Å². The third kappa shape index (κ3) is 4.39. The van der Waals surface area contributed by atoms with Crippen LogP contribution >= 0.6 is 11.8 Å². The highest BCUT2D eigenvalue weighted by molar-refractivity contribution is 8.00. The summed E-state index contributed by atoms with van der Waals surface area (Å²) in [6.45, 7) is 6.05. The van der Waals surface area contributed by atoms with E-state index in [1.165, 1.54) is 42.2 Å². The highest BCUT2D eigenvalue weighted by atomic mass is 32.2. The number of amides is 1. The Morgan fingerprint density at radius 3 is 2.72 bits per heavy atom. The average Bonchev–Trinajstić information content (AvgIpc) is 3.06. The van der Waals surface area contributed by atoms with Crippen molar-refractivity contribution in [2.24, 2.45) is 0 Å². The van der Waals surface area contributed by atoms with E-state index in [1.807, 2.05) is 13.0 Å². The molecule has 1 fully saturated rings. The van der Waals surface area contributed by atoms with Gasteiger partial charge in [0, 0.05) is 6.04 Å². The summed E-state index contributed by atoms with van der Waals surface area (Å²) >= 11 is 1.39. The number of carbonyl (C=O) groups excluding carboxylic acids is 1. The fraction of sp³-hybridized carbons (Fsp3) is 0.556. The number of carbonyl (C=O) groups is 1. The Hall–Kier alpha value is -1.89. The molecule has 1 heterocycles. The second kappa shape index (κ2) is 7.99. The van der Waals surface area contributed by atoms with E-state index < -0.39 is 0 Å². The summed E-state index contributed by atoms with van der Waals surface area (Å²) in [7, 11) is 0. The van der Waals surface area contributed by atoms with Crippen molar-refractivity contribution in [3.63, 3.8) is 0 Å². The first-order valence-corrected chi connectivity index (χ1v) is 9.75. The lowest BCUT2D eigenvalue weighted by Gasteiger charge is -2.24. The van der Waals surface area contributed by atoms with E-state index in [4.69, 9.17) is 0 Å². The highest BCUT2D eigenvalue weighted by Crippen LogP contribution is 2.25. The standard InChI is InChI=1S/C18H25N5OS/c1-12-9-10-16(11-13(12)2)23-18(20-21-22-23)25-14(3)17(24)19-15-7-5-4-6-8-15/h9-11,14-15H,4-8H2,1-3H3,(H,19,24)/t14-/m1/s1. The number of benzene rings is 1. The number of hydrogen-bond donors (Lipinski definition) is 1. The number of hydrogen-bond acceptors (Lipinski definition) is 5. The lowest BCUT2D eigenvalue weighted by atomic mass is 9.95. The van der Waals surface area contributed by atoms with Crippen LogP contribution in [0.4, 0.5) is 0 Å². The van der Waals surface area contributed by atoms with E-state index in [0.29, 0.717) is 11.2 Å². The molecule has 6 nitrogen and oxygen atoms in total. The molecule has 0 unspecified atom stereocenters. The first kappa shape index (κ1) is 17.9. The first-order valence-electron chi connectivity index (χ1n) is 8.87. The van der Waals surface area contributed by atoms with Crippen LogP contribution in [-0.4, -0.2) is 37.4 Å². The van der Waals surface area contributed by atoms with Gasteiger partial charge in [0.25, 0.3) is 0 Å². The van der Waals surface area contributed by atoms with Gasteiger partial charge in [0.2, 0.25) is 11.1 Å². The molecule has 1 atom stereocenters. The predicted molar refractivity (Wildman–Crippen MR) is 99.0 cm³/mol. The van der Waals surface area contributed by atoms with Gasteiger partial charge in [0.15, 0.2) is 0 Å². The molecule has 1 amide bonds. The van der Waals surface area contributed by atoms with Crippen molar-refractivity contribution >= 4 is 17.7 Å². The largest absolute Gasteiger partial charge is 0.352 e. The Morgan fingerprint density at radius 2 is 2.00 bits per heavy atom. The fourth-order valence-electron chi connectivity index (χ4n) is 3.05. The Labute approximate surface area is 152 Å². The molecule has 7 heteroatoms. The van der Waals surface area contributed by atoms with Crippen LogP contribution in [0.25, 0.3) is 5.69 Å². The van der Waals surface area contributed by atoms with E-state index in [2.05, 4.69) is 46.8 Å². The molecule has 25 heavy (non-hydrogen) atoms. The summed E-state index contributed by atoms with van der Waals surface area (Å²) in [6.07, 6.45) is 5.86. The average molecular weight is 359 g/mol. The van der Waals surface area contributed by atoms with Crippen LogP contribution in [0.2, 0.25) is 0 Å². The summed E-state index contributed by atoms with van der Waals surface area (Å²) in [4.78, 5) is 12.5. The number of aryl methyl sites for hydroxylation is 2. The molecule has 0 radical (unpaired) electrons. The maximum absolute atomic E-state index is 12.5. The van der Waals surface area contributed by atoms with Gasteiger partial charge in [0.05, 0.1) is 10.9 Å². The van der Waals surface area contributed by atoms with E-state index in [1.54, 1.807) is 4.68 Å². The SMILES string of the molecule is Cc1ccc(-n2nnnc2S[C@H](C)C(=O)NC2CCCCC2)cc1C. The van der Waals surface area contributed by atoms with E-state index in [9.17, 15) is 4.79 Å². The van der Waals surface area contributed by atoms with Crippen LogP contribution < -0.4 is 5.32 Å². The van der Waals surface area contributed by atoms with E-state index in [-0.39, 0.29) is 11.2 Å². The van der Waals surface area contributed by atoms with Crippen LogP contribution in [0.1, 0.15) is 50.2 Å². The Morgan fingerprint density at radius 1 is 1.24 bits per heavy atom. The lowest BCUT2D eigenvalue weighted by Crippen LogP contribution is -2.40. The van der Waals surface area contributed by atoms with Gasteiger partial charge in [-0.05, 0) is 67.3 Å². The number of nitrogens with one attached hydrogen (secondary N) is 1. The van der Waals surface area contributed by atoms with Crippen molar-refractivity contribution in [3.8, 4) is 5.69 Å². The van der Waals surface area contributed by atoms with Gasteiger partial charge in [-0.2, -0.15) is 4.68 Å². The zero-order valence-electron chi connectivity index (χ0n) is 15.0. The van der Waals surface area contributed by atoms with E-state index >= 15 is 0 Å². The minimum Gasteiger partial charge on any atom is -0.352 e. The van der Waals surface area contributed by atoms with Crippen LogP contribution in [0, 0.1) is 13.8 Å². The van der Waals surface area contributed by atoms with Crippen molar-refractivity contribution in [1.29, 1.82) is 0 Å². The quantitative estimate of drug-likeness (QED) is 0.830. The van der Waals surface area contributed by atoms with Gasteiger partial charge in [-0.1, -0.05) is 37.1 Å². The monoisotopic (exact) mass is 359 g/mol. The summed E-state index contributed by atoms with van der Waals surface area (Å²) in [5, 5.41) is 15.5. The Balaban J connectivity index is 1.67. The number of nitrogens with zero attached hydrogens (tertiary/aromatic N) is 4. The smallest absolute Gasteiger partial charge is 0.233 e. The Kier molecular flexibility index (Phi) is 5.73. The molecule has 134 valence electrons. The third-order valence-electron chi connectivity index (χ3n) is 4.78. The maximum Gasteiger partial charge on any atom is 0.233 e. The van der Waals surface area contributed by atoms with Crippen molar-refractivity contribution in [3.05, 3.63) is 29.3 Å². The normalized spacial score (nSPS) is 16.6. The van der Waals surface area contributed by atoms with Gasteiger partial charge in [-0.3, -0.25) is 4.79 Å². The molecule has 0 saturated heterocycles. The molecule has 1 saturated carbocycles.